The van der Waals surface area contributed by atoms with E-state index in [1.165, 1.54) is 11.4 Å². The van der Waals surface area contributed by atoms with Crippen molar-refractivity contribution < 1.29 is 9.53 Å². The van der Waals surface area contributed by atoms with Crippen molar-refractivity contribution in [3.8, 4) is 5.69 Å². The van der Waals surface area contributed by atoms with E-state index in [4.69, 9.17) is 4.74 Å². The first-order valence-corrected chi connectivity index (χ1v) is 6.51. The van der Waals surface area contributed by atoms with Gasteiger partial charge in [0.05, 0.1) is 13.0 Å². The summed E-state index contributed by atoms with van der Waals surface area (Å²) in [6.07, 6.45) is 0.331. The first-order chi connectivity index (χ1) is 9.11. The van der Waals surface area contributed by atoms with Crippen molar-refractivity contribution in [2.75, 3.05) is 6.61 Å². The van der Waals surface area contributed by atoms with E-state index in [0.717, 1.165) is 11.3 Å². The molecule has 0 bridgehead atoms. The Bertz CT molecular complexity index is 547. The average Bonchev–Trinajstić information content (AvgIpc) is 2.71. The molecule has 0 saturated carbocycles. The lowest BCUT2D eigenvalue weighted by atomic mass is 10.1. The highest BCUT2D eigenvalue weighted by Gasteiger charge is 2.06. The molecule has 0 saturated heterocycles. The van der Waals surface area contributed by atoms with Crippen molar-refractivity contribution in [1.82, 2.24) is 4.57 Å². The van der Waals surface area contributed by atoms with Gasteiger partial charge in [0, 0.05) is 17.1 Å². The first kappa shape index (κ1) is 13.4. The molecular weight excluding hydrogens is 238 g/mol. The summed E-state index contributed by atoms with van der Waals surface area (Å²) in [4.78, 5) is 11.4. The molecule has 2 aromatic rings. The minimum Gasteiger partial charge on any atom is -0.466 e. The zero-order valence-corrected chi connectivity index (χ0v) is 11.6. The molecule has 0 aliphatic carbocycles. The molecule has 1 aromatic carbocycles. The monoisotopic (exact) mass is 257 g/mol. The van der Waals surface area contributed by atoms with Crippen molar-refractivity contribution in [3.63, 3.8) is 0 Å². The van der Waals surface area contributed by atoms with E-state index in [2.05, 4.69) is 30.5 Å². The van der Waals surface area contributed by atoms with Gasteiger partial charge in [0.25, 0.3) is 0 Å². The Morgan fingerprint density at radius 3 is 2.16 bits per heavy atom. The van der Waals surface area contributed by atoms with Gasteiger partial charge in [-0.25, -0.2) is 0 Å². The molecule has 0 aliphatic heterocycles. The molecule has 0 radical (unpaired) electrons. The van der Waals surface area contributed by atoms with Crippen LogP contribution in [0.15, 0.2) is 36.4 Å². The molecule has 19 heavy (non-hydrogen) atoms. The summed E-state index contributed by atoms with van der Waals surface area (Å²) >= 11 is 0. The maximum atomic E-state index is 11.4. The first-order valence-electron chi connectivity index (χ1n) is 6.51. The third-order valence-electron chi connectivity index (χ3n) is 3.12. The highest BCUT2D eigenvalue weighted by Crippen LogP contribution is 2.17. The van der Waals surface area contributed by atoms with E-state index in [1.807, 2.05) is 31.2 Å². The fourth-order valence-electron chi connectivity index (χ4n) is 2.22. The number of hydrogen-bond donors (Lipinski definition) is 0. The summed E-state index contributed by atoms with van der Waals surface area (Å²) in [5, 5.41) is 0. The van der Waals surface area contributed by atoms with Crippen LogP contribution in [-0.2, 0) is 16.0 Å². The maximum Gasteiger partial charge on any atom is 0.310 e. The second kappa shape index (κ2) is 5.74. The summed E-state index contributed by atoms with van der Waals surface area (Å²) in [5.74, 6) is -0.177. The third-order valence-corrected chi connectivity index (χ3v) is 3.12. The predicted molar refractivity (Wildman–Crippen MR) is 75.6 cm³/mol. The molecule has 0 amide bonds. The van der Waals surface area contributed by atoms with Gasteiger partial charge in [0.15, 0.2) is 0 Å². The largest absolute Gasteiger partial charge is 0.466 e. The molecule has 0 N–H and O–H groups in total. The van der Waals surface area contributed by atoms with Crippen LogP contribution >= 0.6 is 0 Å². The predicted octanol–water partition coefficient (Wildman–Crippen LogP) is 3.20. The Balaban J connectivity index is 2.17. The van der Waals surface area contributed by atoms with Crippen molar-refractivity contribution in [2.45, 2.75) is 27.2 Å². The van der Waals surface area contributed by atoms with Crippen LogP contribution in [0.3, 0.4) is 0 Å². The van der Waals surface area contributed by atoms with Crippen LogP contribution in [0.25, 0.3) is 5.69 Å². The quantitative estimate of drug-likeness (QED) is 0.788. The number of aryl methyl sites for hydroxylation is 2. The van der Waals surface area contributed by atoms with Crippen LogP contribution in [0.1, 0.15) is 23.9 Å². The van der Waals surface area contributed by atoms with Crippen molar-refractivity contribution in [1.29, 1.82) is 0 Å². The zero-order chi connectivity index (χ0) is 13.8. The van der Waals surface area contributed by atoms with Crippen LogP contribution in [0.4, 0.5) is 0 Å². The average molecular weight is 257 g/mol. The number of benzene rings is 1. The lowest BCUT2D eigenvalue weighted by molar-refractivity contribution is -0.142. The fraction of sp³-hybridized carbons (Fsp3) is 0.312. The molecule has 0 unspecified atom stereocenters. The van der Waals surface area contributed by atoms with Crippen molar-refractivity contribution in [3.05, 3.63) is 53.3 Å². The molecule has 1 heterocycles. The van der Waals surface area contributed by atoms with Gasteiger partial charge in [-0.1, -0.05) is 12.1 Å². The molecule has 3 nitrogen and oxygen atoms in total. The van der Waals surface area contributed by atoms with Crippen LogP contribution in [0.2, 0.25) is 0 Å². The molecule has 3 heteroatoms. The smallest absolute Gasteiger partial charge is 0.310 e. The second-order valence-corrected chi connectivity index (χ2v) is 4.60. The van der Waals surface area contributed by atoms with Gasteiger partial charge in [-0.2, -0.15) is 0 Å². The minimum absolute atomic E-state index is 0.177. The van der Waals surface area contributed by atoms with Gasteiger partial charge in [0.2, 0.25) is 0 Å². The number of carbonyl (C=O) groups excluding carboxylic acids is 1. The highest BCUT2D eigenvalue weighted by molar-refractivity contribution is 5.72. The van der Waals surface area contributed by atoms with E-state index in [1.54, 1.807) is 0 Å². The SMILES string of the molecule is CCOC(=O)Cc1ccc(-n2c(C)ccc2C)cc1. The van der Waals surface area contributed by atoms with E-state index in [9.17, 15) is 4.79 Å². The molecular formula is C16H19NO2. The van der Waals surface area contributed by atoms with Crippen LogP contribution in [0, 0.1) is 13.8 Å². The number of aromatic nitrogens is 1. The van der Waals surface area contributed by atoms with Gasteiger partial charge in [-0.3, -0.25) is 4.79 Å². The molecule has 1 aromatic heterocycles. The zero-order valence-electron chi connectivity index (χ0n) is 11.6. The molecule has 0 spiro atoms. The number of hydrogen-bond acceptors (Lipinski definition) is 2. The summed E-state index contributed by atoms with van der Waals surface area (Å²) in [6, 6.07) is 12.2. The number of esters is 1. The van der Waals surface area contributed by atoms with Gasteiger partial charge in [0.1, 0.15) is 0 Å². The van der Waals surface area contributed by atoms with Crippen LogP contribution in [-0.4, -0.2) is 17.1 Å². The molecule has 100 valence electrons. The Hall–Kier alpha value is -2.03. The highest BCUT2D eigenvalue weighted by atomic mass is 16.5. The number of carbonyl (C=O) groups is 1. The van der Waals surface area contributed by atoms with Gasteiger partial charge >= 0.3 is 5.97 Å². The topological polar surface area (TPSA) is 31.2 Å². The minimum atomic E-state index is -0.177. The number of rotatable bonds is 4. The maximum absolute atomic E-state index is 11.4. The molecule has 0 fully saturated rings. The second-order valence-electron chi connectivity index (χ2n) is 4.60. The normalized spacial score (nSPS) is 10.5. The number of nitrogens with zero attached hydrogens (tertiary/aromatic N) is 1. The summed E-state index contributed by atoms with van der Waals surface area (Å²) in [6.45, 7) is 6.41. The van der Waals surface area contributed by atoms with Crippen molar-refractivity contribution >= 4 is 5.97 Å². The molecule has 0 aliphatic rings. The summed E-state index contributed by atoms with van der Waals surface area (Å²) in [5.41, 5.74) is 4.50. The van der Waals surface area contributed by atoms with E-state index in [-0.39, 0.29) is 5.97 Å². The van der Waals surface area contributed by atoms with E-state index >= 15 is 0 Å². The Kier molecular flexibility index (Phi) is 4.05. The lowest BCUT2D eigenvalue weighted by Crippen LogP contribution is -2.07. The van der Waals surface area contributed by atoms with Gasteiger partial charge < -0.3 is 9.30 Å². The molecule has 2 rings (SSSR count). The lowest BCUT2D eigenvalue weighted by Gasteiger charge is -2.10. The summed E-state index contributed by atoms with van der Waals surface area (Å²) in [7, 11) is 0. The Morgan fingerprint density at radius 2 is 1.63 bits per heavy atom. The van der Waals surface area contributed by atoms with Crippen molar-refractivity contribution in [2.24, 2.45) is 0 Å². The fourth-order valence-corrected chi connectivity index (χ4v) is 2.22. The standard InChI is InChI=1S/C16H19NO2/c1-4-19-16(18)11-14-7-9-15(10-8-14)17-12(2)5-6-13(17)3/h5-10H,4,11H2,1-3H3. The van der Waals surface area contributed by atoms with Crippen LogP contribution in [0.5, 0.6) is 0 Å². The van der Waals surface area contributed by atoms with E-state index in [0.29, 0.717) is 13.0 Å². The number of ether oxygens (including phenoxy) is 1. The van der Waals surface area contributed by atoms with Crippen LogP contribution < -0.4 is 0 Å². The molecule has 0 atom stereocenters. The Morgan fingerprint density at radius 1 is 1.05 bits per heavy atom. The Labute approximate surface area is 113 Å². The van der Waals surface area contributed by atoms with Gasteiger partial charge in [-0.15, -0.1) is 0 Å². The van der Waals surface area contributed by atoms with Gasteiger partial charge in [-0.05, 0) is 50.6 Å². The summed E-state index contributed by atoms with van der Waals surface area (Å²) < 4.78 is 7.13. The third kappa shape index (κ3) is 3.05. The van der Waals surface area contributed by atoms with E-state index < -0.39 is 0 Å².